The smallest absolute Gasteiger partial charge is 0.205 e. The minimum absolute atomic E-state index is 0.0374. The van der Waals surface area contributed by atoms with Crippen LogP contribution in [-0.2, 0) is 0 Å². The van der Waals surface area contributed by atoms with Crippen molar-refractivity contribution in [3.8, 4) is 0 Å². The first-order chi connectivity index (χ1) is 5.11. The Bertz CT molecular complexity index is 258. The van der Waals surface area contributed by atoms with E-state index >= 15 is 0 Å². The van der Waals surface area contributed by atoms with Gasteiger partial charge >= 0.3 is 0 Å². The Morgan fingerprint density at radius 1 is 1.36 bits per heavy atom. The minimum Gasteiger partial charge on any atom is -0.205 e. The molecule has 1 aromatic carbocycles. The van der Waals surface area contributed by atoms with E-state index < -0.39 is 6.43 Å². The van der Waals surface area contributed by atoms with Crippen molar-refractivity contribution in [2.75, 3.05) is 0 Å². The van der Waals surface area contributed by atoms with Crippen LogP contribution in [0.25, 0.3) is 0 Å². The summed E-state index contributed by atoms with van der Waals surface area (Å²) in [5, 5.41) is 0. The Morgan fingerprint density at radius 2 is 2.00 bits per heavy atom. The third kappa shape index (κ3) is 2.12. The molecule has 0 aliphatic carbocycles. The zero-order chi connectivity index (χ0) is 8.43. The second-order valence-corrected chi connectivity index (χ2v) is 3.31. The molecule has 3 heteroatoms. The van der Waals surface area contributed by atoms with E-state index in [2.05, 4.69) is 29.5 Å². The lowest BCUT2D eigenvalue weighted by Crippen LogP contribution is -1.86. The standard InChI is InChI=1S/C8H6F2I/c1-5-4-6(8(9)10)2-3-7(5)11/h2-4,8H,1H2. The highest BCUT2D eigenvalue weighted by molar-refractivity contribution is 14.1. The van der Waals surface area contributed by atoms with Gasteiger partial charge in [-0.05, 0) is 47.2 Å². The van der Waals surface area contributed by atoms with E-state index in [9.17, 15) is 8.78 Å². The molecule has 1 radical (unpaired) electrons. The summed E-state index contributed by atoms with van der Waals surface area (Å²) in [6, 6.07) is 4.47. The average Bonchev–Trinajstić information content (AvgIpc) is 1.94. The van der Waals surface area contributed by atoms with E-state index in [1.165, 1.54) is 12.1 Å². The highest BCUT2D eigenvalue weighted by Gasteiger charge is 2.06. The average molecular weight is 267 g/mol. The van der Waals surface area contributed by atoms with Crippen molar-refractivity contribution in [2.24, 2.45) is 0 Å². The minimum atomic E-state index is -2.40. The molecular formula is C8H6F2I. The molecule has 0 nitrogen and oxygen atoms in total. The summed E-state index contributed by atoms with van der Waals surface area (Å²) >= 11 is 2.06. The van der Waals surface area contributed by atoms with Gasteiger partial charge in [-0.15, -0.1) is 0 Å². The quantitative estimate of drug-likeness (QED) is 0.684. The molecule has 0 heterocycles. The van der Waals surface area contributed by atoms with Crippen LogP contribution in [0.2, 0.25) is 0 Å². The highest BCUT2D eigenvalue weighted by atomic mass is 127. The van der Waals surface area contributed by atoms with Crippen molar-refractivity contribution < 1.29 is 8.78 Å². The molecule has 0 saturated heterocycles. The molecule has 1 rings (SSSR count). The van der Waals surface area contributed by atoms with Gasteiger partial charge < -0.3 is 0 Å². The summed E-state index contributed by atoms with van der Waals surface area (Å²) < 4.78 is 25.0. The molecule has 1 aromatic rings. The second kappa shape index (κ2) is 3.47. The third-order valence-corrected chi connectivity index (χ3v) is 2.37. The van der Waals surface area contributed by atoms with E-state index in [0.29, 0.717) is 5.56 Å². The van der Waals surface area contributed by atoms with E-state index in [1.807, 2.05) is 0 Å². The summed E-state index contributed by atoms with van der Waals surface area (Å²) in [5.74, 6) is 0. The van der Waals surface area contributed by atoms with Crippen LogP contribution in [0, 0.1) is 10.5 Å². The molecule has 0 amide bonds. The van der Waals surface area contributed by atoms with Gasteiger partial charge in [0.05, 0.1) is 0 Å². The van der Waals surface area contributed by atoms with Crippen LogP contribution in [0.5, 0.6) is 0 Å². The normalized spacial score (nSPS) is 10.6. The zero-order valence-electron chi connectivity index (χ0n) is 5.65. The van der Waals surface area contributed by atoms with Crippen molar-refractivity contribution in [3.05, 3.63) is 39.8 Å². The monoisotopic (exact) mass is 267 g/mol. The molecule has 11 heavy (non-hydrogen) atoms. The van der Waals surface area contributed by atoms with Gasteiger partial charge in [-0.1, -0.05) is 6.07 Å². The Hall–Kier alpha value is -0.190. The summed E-state index contributed by atoms with van der Waals surface area (Å²) in [6.45, 7) is 3.62. The fourth-order valence-corrected chi connectivity index (χ4v) is 1.07. The Morgan fingerprint density at radius 3 is 2.45 bits per heavy atom. The summed E-state index contributed by atoms with van der Waals surface area (Å²) in [5.41, 5.74) is 0.693. The summed E-state index contributed by atoms with van der Waals surface area (Å²) in [6.07, 6.45) is -2.40. The van der Waals surface area contributed by atoms with Gasteiger partial charge in [-0.3, -0.25) is 0 Å². The van der Waals surface area contributed by atoms with Gasteiger partial charge in [0.15, 0.2) is 0 Å². The molecule has 0 fully saturated rings. The fourth-order valence-electron chi connectivity index (χ4n) is 0.730. The molecule has 0 aliphatic heterocycles. The maximum absolute atomic E-state index is 12.0. The number of hydrogen-bond donors (Lipinski definition) is 0. The van der Waals surface area contributed by atoms with E-state index in [0.717, 1.165) is 3.57 Å². The SMILES string of the molecule is [CH2]c1cc(C(F)F)ccc1I. The number of hydrogen-bond acceptors (Lipinski definition) is 0. The second-order valence-electron chi connectivity index (χ2n) is 2.15. The van der Waals surface area contributed by atoms with Crippen LogP contribution < -0.4 is 0 Å². The lowest BCUT2D eigenvalue weighted by molar-refractivity contribution is 0.151. The molecule has 0 N–H and O–H groups in total. The van der Waals surface area contributed by atoms with Crippen LogP contribution in [-0.4, -0.2) is 0 Å². The maximum atomic E-state index is 12.0. The number of benzene rings is 1. The van der Waals surface area contributed by atoms with E-state index in [-0.39, 0.29) is 5.56 Å². The topological polar surface area (TPSA) is 0 Å². The van der Waals surface area contributed by atoms with Gasteiger partial charge in [0.2, 0.25) is 0 Å². The third-order valence-electron chi connectivity index (χ3n) is 1.32. The highest BCUT2D eigenvalue weighted by Crippen LogP contribution is 2.21. The number of rotatable bonds is 1. The van der Waals surface area contributed by atoms with E-state index in [4.69, 9.17) is 0 Å². The first kappa shape index (κ1) is 8.90. The molecule has 0 atom stereocenters. The van der Waals surface area contributed by atoms with E-state index in [1.54, 1.807) is 6.07 Å². The van der Waals surface area contributed by atoms with Crippen LogP contribution in [0.3, 0.4) is 0 Å². The molecule has 0 bridgehead atoms. The molecule has 0 aromatic heterocycles. The van der Waals surface area contributed by atoms with Crippen molar-refractivity contribution in [1.82, 2.24) is 0 Å². The Labute approximate surface area is 77.8 Å². The summed E-state index contributed by atoms with van der Waals surface area (Å²) in [7, 11) is 0. The predicted octanol–water partition coefficient (Wildman–Crippen LogP) is 3.41. The van der Waals surface area contributed by atoms with Crippen LogP contribution in [0.4, 0.5) is 8.78 Å². The largest absolute Gasteiger partial charge is 0.263 e. The first-order valence-corrected chi connectivity index (χ1v) is 4.08. The molecule has 0 saturated carbocycles. The maximum Gasteiger partial charge on any atom is 0.263 e. The van der Waals surface area contributed by atoms with Crippen molar-refractivity contribution in [2.45, 2.75) is 6.43 Å². The molecular weight excluding hydrogens is 261 g/mol. The van der Waals surface area contributed by atoms with Crippen molar-refractivity contribution in [3.63, 3.8) is 0 Å². The molecule has 0 spiro atoms. The summed E-state index contributed by atoms with van der Waals surface area (Å²) in [4.78, 5) is 0. The zero-order valence-corrected chi connectivity index (χ0v) is 7.81. The van der Waals surface area contributed by atoms with Crippen molar-refractivity contribution >= 4 is 22.6 Å². The van der Waals surface area contributed by atoms with Crippen LogP contribution in [0.1, 0.15) is 17.6 Å². The molecule has 0 unspecified atom stereocenters. The van der Waals surface area contributed by atoms with Crippen LogP contribution in [0.15, 0.2) is 18.2 Å². The van der Waals surface area contributed by atoms with Gasteiger partial charge in [0, 0.05) is 9.13 Å². The van der Waals surface area contributed by atoms with Crippen LogP contribution >= 0.6 is 22.6 Å². The van der Waals surface area contributed by atoms with Crippen molar-refractivity contribution in [1.29, 1.82) is 0 Å². The van der Waals surface area contributed by atoms with Gasteiger partial charge in [0.1, 0.15) is 0 Å². The lowest BCUT2D eigenvalue weighted by atomic mass is 10.1. The number of alkyl halides is 2. The Balaban J connectivity index is 3.05. The number of halogens is 3. The molecule has 0 aliphatic rings. The van der Waals surface area contributed by atoms with Gasteiger partial charge in [-0.25, -0.2) is 8.78 Å². The fraction of sp³-hybridized carbons (Fsp3) is 0.125. The first-order valence-electron chi connectivity index (χ1n) is 3.01. The predicted molar refractivity (Wildman–Crippen MR) is 48.6 cm³/mol. The molecule has 59 valence electrons. The lowest BCUT2D eigenvalue weighted by Gasteiger charge is -2.01. The Kier molecular flexibility index (Phi) is 2.81. The van der Waals surface area contributed by atoms with Gasteiger partial charge in [-0.2, -0.15) is 0 Å². The van der Waals surface area contributed by atoms with Gasteiger partial charge in [0.25, 0.3) is 6.43 Å².